The molecule has 1 heterocycles. The number of hydrogen-bond donors (Lipinski definition) is 1. The van der Waals surface area contributed by atoms with E-state index in [-0.39, 0.29) is 18.1 Å². The summed E-state index contributed by atoms with van der Waals surface area (Å²) < 4.78 is 19.5. The van der Waals surface area contributed by atoms with Crippen molar-refractivity contribution in [1.82, 2.24) is 4.98 Å². The van der Waals surface area contributed by atoms with Crippen LogP contribution >= 0.6 is 11.3 Å². The molecular formula is C17H15FN2O2S. The number of benzene rings is 2. The predicted octanol–water partition coefficient (Wildman–Crippen LogP) is 3.93. The zero-order chi connectivity index (χ0) is 16.4. The van der Waals surface area contributed by atoms with E-state index in [9.17, 15) is 9.18 Å². The molecule has 0 aliphatic carbocycles. The Morgan fingerprint density at radius 2 is 2.17 bits per heavy atom. The van der Waals surface area contributed by atoms with E-state index in [2.05, 4.69) is 10.3 Å². The minimum absolute atomic E-state index is 0.0792. The first-order chi connectivity index (χ1) is 11.1. The fourth-order valence-electron chi connectivity index (χ4n) is 2.31. The number of fused-ring (bicyclic) bond motifs is 1. The van der Waals surface area contributed by atoms with Gasteiger partial charge in [0.2, 0.25) is 5.91 Å². The van der Waals surface area contributed by atoms with Crippen molar-refractivity contribution in [2.45, 2.75) is 13.3 Å². The Kier molecular flexibility index (Phi) is 4.25. The number of halogens is 1. The lowest BCUT2D eigenvalue weighted by Gasteiger charge is -2.05. The molecule has 3 rings (SSSR count). The van der Waals surface area contributed by atoms with Crippen molar-refractivity contribution in [2.24, 2.45) is 0 Å². The van der Waals surface area contributed by atoms with E-state index in [0.29, 0.717) is 10.7 Å². The Bertz CT molecular complexity index is 876. The molecule has 23 heavy (non-hydrogen) atoms. The minimum atomic E-state index is -0.478. The number of carbonyl (C=O) groups excluding carboxylic acids is 1. The van der Waals surface area contributed by atoms with Gasteiger partial charge in [-0.1, -0.05) is 29.5 Å². The molecule has 0 fully saturated rings. The van der Waals surface area contributed by atoms with Gasteiger partial charge < -0.3 is 10.1 Å². The third-order valence-corrected chi connectivity index (χ3v) is 4.38. The van der Waals surface area contributed by atoms with E-state index in [4.69, 9.17) is 4.74 Å². The largest absolute Gasteiger partial charge is 0.494 e. The number of methoxy groups -OCH3 is 1. The van der Waals surface area contributed by atoms with Gasteiger partial charge >= 0.3 is 0 Å². The summed E-state index contributed by atoms with van der Waals surface area (Å²) in [5.74, 6) is -0.546. The monoisotopic (exact) mass is 330 g/mol. The highest BCUT2D eigenvalue weighted by molar-refractivity contribution is 7.22. The van der Waals surface area contributed by atoms with Crippen molar-refractivity contribution >= 4 is 32.6 Å². The van der Waals surface area contributed by atoms with Crippen LogP contribution in [0.5, 0.6) is 5.75 Å². The van der Waals surface area contributed by atoms with Gasteiger partial charge in [-0.25, -0.2) is 9.37 Å². The molecule has 0 radical (unpaired) electrons. The zero-order valence-electron chi connectivity index (χ0n) is 12.7. The number of anilines is 1. The standard InChI is InChI=1S/C17H15FN2O2S/c1-10-4-3-5-14-16(10)20-17(23-14)19-15(21)9-11-6-7-13(22-2)12(18)8-11/h3-8H,9H2,1-2H3,(H,19,20,21). The van der Waals surface area contributed by atoms with Crippen molar-refractivity contribution < 1.29 is 13.9 Å². The molecule has 0 spiro atoms. The summed E-state index contributed by atoms with van der Waals surface area (Å²) in [7, 11) is 1.40. The lowest BCUT2D eigenvalue weighted by molar-refractivity contribution is -0.115. The lowest BCUT2D eigenvalue weighted by atomic mass is 10.1. The second kappa shape index (κ2) is 6.34. The van der Waals surface area contributed by atoms with Crippen molar-refractivity contribution in [3.8, 4) is 5.75 Å². The molecule has 2 aromatic carbocycles. The van der Waals surface area contributed by atoms with Crippen molar-refractivity contribution in [3.63, 3.8) is 0 Å². The molecule has 1 N–H and O–H groups in total. The number of rotatable bonds is 4. The third kappa shape index (κ3) is 3.32. The molecule has 1 amide bonds. The van der Waals surface area contributed by atoms with E-state index in [1.807, 2.05) is 25.1 Å². The number of hydrogen-bond acceptors (Lipinski definition) is 4. The number of amides is 1. The fourth-order valence-corrected chi connectivity index (χ4v) is 3.27. The first-order valence-corrected chi connectivity index (χ1v) is 7.87. The van der Waals surface area contributed by atoms with Crippen molar-refractivity contribution in [2.75, 3.05) is 12.4 Å². The molecular weight excluding hydrogens is 315 g/mol. The van der Waals surface area contributed by atoms with Crippen LogP contribution in [0.25, 0.3) is 10.2 Å². The predicted molar refractivity (Wildman–Crippen MR) is 89.6 cm³/mol. The second-order valence-electron chi connectivity index (χ2n) is 5.13. The van der Waals surface area contributed by atoms with Crippen LogP contribution in [0.2, 0.25) is 0 Å². The normalized spacial score (nSPS) is 10.7. The lowest BCUT2D eigenvalue weighted by Crippen LogP contribution is -2.14. The SMILES string of the molecule is COc1ccc(CC(=O)Nc2nc3c(C)cccc3s2)cc1F. The van der Waals surface area contributed by atoms with E-state index in [1.54, 1.807) is 6.07 Å². The summed E-state index contributed by atoms with van der Waals surface area (Å²) in [6.45, 7) is 1.98. The average Bonchev–Trinajstić information content (AvgIpc) is 2.91. The van der Waals surface area contributed by atoms with Crippen LogP contribution < -0.4 is 10.1 Å². The number of nitrogens with zero attached hydrogens (tertiary/aromatic N) is 1. The van der Waals surface area contributed by atoms with E-state index in [1.165, 1.54) is 30.6 Å². The molecule has 118 valence electrons. The molecule has 0 atom stereocenters. The third-order valence-electron chi connectivity index (χ3n) is 3.45. The number of thiazole rings is 1. The maximum Gasteiger partial charge on any atom is 0.230 e. The van der Waals surface area contributed by atoms with Crippen LogP contribution in [0.4, 0.5) is 9.52 Å². The molecule has 0 aliphatic rings. The summed E-state index contributed by atoms with van der Waals surface area (Å²) in [5.41, 5.74) is 2.54. The van der Waals surface area contributed by atoms with E-state index in [0.717, 1.165) is 15.8 Å². The number of ether oxygens (including phenoxy) is 1. The zero-order valence-corrected chi connectivity index (χ0v) is 13.5. The number of nitrogens with one attached hydrogen (secondary N) is 1. The Morgan fingerprint density at radius 1 is 1.35 bits per heavy atom. The van der Waals surface area contributed by atoms with Gasteiger partial charge in [-0.15, -0.1) is 0 Å². The van der Waals surface area contributed by atoms with Gasteiger partial charge in [-0.3, -0.25) is 4.79 Å². The molecule has 3 aromatic rings. The number of aromatic nitrogens is 1. The van der Waals surface area contributed by atoms with Crippen LogP contribution in [0, 0.1) is 12.7 Å². The van der Waals surface area contributed by atoms with Crippen molar-refractivity contribution in [1.29, 1.82) is 0 Å². The first kappa shape index (κ1) is 15.4. The van der Waals surface area contributed by atoms with Crippen LogP contribution in [0.3, 0.4) is 0 Å². The number of carbonyl (C=O) groups is 1. The molecule has 1 aromatic heterocycles. The van der Waals surface area contributed by atoms with Crippen molar-refractivity contribution in [3.05, 3.63) is 53.3 Å². The molecule has 0 saturated heterocycles. The molecule has 0 unspecified atom stereocenters. The quantitative estimate of drug-likeness (QED) is 0.788. The van der Waals surface area contributed by atoms with Gasteiger partial charge in [0.15, 0.2) is 16.7 Å². The Balaban J connectivity index is 1.73. The fraction of sp³-hybridized carbons (Fsp3) is 0.176. The minimum Gasteiger partial charge on any atom is -0.494 e. The summed E-state index contributed by atoms with van der Waals surface area (Å²) >= 11 is 1.42. The topological polar surface area (TPSA) is 51.2 Å². The summed E-state index contributed by atoms with van der Waals surface area (Å²) in [6, 6.07) is 10.4. The van der Waals surface area contributed by atoms with Gasteiger partial charge in [0.05, 0.1) is 23.7 Å². The highest BCUT2D eigenvalue weighted by atomic mass is 32.1. The second-order valence-corrected chi connectivity index (χ2v) is 6.17. The smallest absolute Gasteiger partial charge is 0.230 e. The summed E-state index contributed by atoms with van der Waals surface area (Å²) in [4.78, 5) is 16.5. The maximum atomic E-state index is 13.6. The average molecular weight is 330 g/mol. The molecule has 0 saturated carbocycles. The van der Waals surface area contributed by atoms with Gasteiger partial charge in [0.1, 0.15) is 0 Å². The highest BCUT2D eigenvalue weighted by Crippen LogP contribution is 2.28. The molecule has 4 nitrogen and oxygen atoms in total. The van der Waals surface area contributed by atoms with E-state index >= 15 is 0 Å². The number of para-hydroxylation sites is 1. The van der Waals surface area contributed by atoms with Gasteiger partial charge in [0.25, 0.3) is 0 Å². The summed E-state index contributed by atoms with van der Waals surface area (Å²) in [5, 5.41) is 3.32. The number of aryl methyl sites for hydroxylation is 1. The van der Waals surface area contributed by atoms with Gasteiger partial charge in [-0.05, 0) is 36.2 Å². The Morgan fingerprint density at radius 3 is 2.87 bits per heavy atom. The molecule has 0 bridgehead atoms. The van der Waals surface area contributed by atoms with Crippen LogP contribution in [0.15, 0.2) is 36.4 Å². The Hall–Kier alpha value is -2.47. The van der Waals surface area contributed by atoms with Crippen LogP contribution in [0.1, 0.15) is 11.1 Å². The van der Waals surface area contributed by atoms with E-state index < -0.39 is 5.82 Å². The highest BCUT2D eigenvalue weighted by Gasteiger charge is 2.11. The van der Waals surface area contributed by atoms with Gasteiger partial charge in [-0.2, -0.15) is 0 Å². The van der Waals surface area contributed by atoms with Gasteiger partial charge in [0, 0.05) is 0 Å². The Labute approximate surface area is 136 Å². The molecule has 6 heteroatoms. The van der Waals surface area contributed by atoms with Crippen LogP contribution in [-0.4, -0.2) is 18.0 Å². The summed E-state index contributed by atoms with van der Waals surface area (Å²) in [6.07, 6.45) is 0.0792. The molecule has 0 aliphatic heterocycles. The van der Waals surface area contributed by atoms with Crippen LogP contribution in [-0.2, 0) is 11.2 Å². The first-order valence-electron chi connectivity index (χ1n) is 7.05. The maximum absolute atomic E-state index is 13.6.